The van der Waals surface area contributed by atoms with Crippen LogP contribution in [0.3, 0.4) is 0 Å². The fraction of sp³-hybridized carbons (Fsp3) is 0.346. The lowest BCUT2D eigenvalue weighted by atomic mass is 10.2. The lowest BCUT2D eigenvalue weighted by molar-refractivity contribution is 0.148. The van der Waals surface area contributed by atoms with Gasteiger partial charge in [0.2, 0.25) is 0 Å². The van der Waals surface area contributed by atoms with E-state index >= 15 is 0 Å². The summed E-state index contributed by atoms with van der Waals surface area (Å²) in [6.45, 7) is 7.28. The van der Waals surface area contributed by atoms with Gasteiger partial charge in [0, 0.05) is 26.8 Å². The molecule has 0 fully saturated rings. The molecule has 0 atom stereocenters. The molecule has 1 aromatic heterocycles. The van der Waals surface area contributed by atoms with E-state index in [4.69, 9.17) is 49.0 Å². The molecule has 0 N–H and O–H groups in total. The lowest BCUT2D eigenvalue weighted by Gasteiger charge is -2.32. The van der Waals surface area contributed by atoms with E-state index in [9.17, 15) is 4.79 Å². The van der Waals surface area contributed by atoms with Crippen molar-refractivity contribution in [2.24, 2.45) is 0 Å². The summed E-state index contributed by atoms with van der Waals surface area (Å²) in [6, 6.07) is 13.0. The van der Waals surface area contributed by atoms with Crippen molar-refractivity contribution in [2.45, 2.75) is 32.2 Å². The minimum absolute atomic E-state index is 0.122. The number of aromatic nitrogens is 2. The van der Waals surface area contributed by atoms with Crippen LogP contribution in [0.25, 0.3) is 0 Å². The molecule has 3 aromatic rings. The molecule has 3 rings (SSSR count). The number of benzene rings is 2. The molecular formula is C26H31Cl3N4O4Si. The normalized spacial score (nSPS) is 11.3. The Balaban J connectivity index is 2.11. The molecule has 0 radical (unpaired) electrons. The summed E-state index contributed by atoms with van der Waals surface area (Å²) in [5.74, 6) is 0.887. The van der Waals surface area contributed by atoms with Gasteiger partial charge in [0.1, 0.15) is 45.6 Å². The second-order valence-electron chi connectivity index (χ2n) is 9.59. The van der Waals surface area contributed by atoms with Gasteiger partial charge in [-0.25, -0.2) is 14.8 Å². The quantitative estimate of drug-likeness (QED) is 0.0992. The van der Waals surface area contributed by atoms with E-state index in [1.54, 1.807) is 6.07 Å². The number of urea groups is 1. The van der Waals surface area contributed by atoms with E-state index < -0.39 is 14.1 Å². The molecule has 38 heavy (non-hydrogen) atoms. The second-order valence-corrected chi connectivity index (χ2v) is 16.4. The zero-order valence-electron chi connectivity index (χ0n) is 22.0. The Hall–Kier alpha value is -2.56. The van der Waals surface area contributed by atoms with Gasteiger partial charge in [-0.15, -0.1) is 0 Å². The highest BCUT2D eigenvalue weighted by molar-refractivity contribution is 6.76. The van der Waals surface area contributed by atoms with Crippen molar-refractivity contribution in [3.63, 3.8) is 0 Å². The van der Waals surface area contributed by atoms with Crippen LogP contribution in [0.5, 0.6) is 11.5 Å². The molecule has 0 aliphatic heterocycles. The fourth-order valence-electron chi connectivity index (χ4n) is 3.49. The van der Waals surface area contributed by atoms with Crippen molar-refractivity contribution in [3.8, 4) is 11.5 Å². The van der Waals surface area contributed by atoms with Crippen LogP contribution in [0, 0.1) is 0 Å². The smallest absolute Gasteiger partial charge is 0.332 e. The van der Waals surface area contributed by atoms with Crippen molar-refractivity contribution in [1.29, 1.82) is 0 Å². The molecule has 0 aliphatic rings. The van der Waals surface area contributed by atoms with E-state index in [0.29, 0.717) is 23.9 Å². The van der Waals surface area contributed by atoms with Crippen LogP contribution in [0.2, 0.25) is 40.9 Å². The van der Waals surface area contributed by atoms with Crippen LogP contribution in [0.1, 0.15) is 5.56 Å². The molecule has 2 amide bonds. The first kappa shape index (κ1) is 30.0. The van der Waals surface area contributed by atoms with E-state index in [2.05, 4.69) is 29.6 Å². The molecule has 0 unspecified atom stereocenters. The van der Waals surface area contributed by atoms with Gasteiger partial charge in [-0.05, 0) is 11.6 Å². The number of carbonyl (C=O) groups is 1. The first-order valence-corrected chi connectivity index (χ1v) is 16.7. The summed E-state index contributed by atoms with van der Waals surface area (Å²) in [7, 11) is 1.56. The van der Waals surface area contributed by atoms with Crippen LogP contribution in [-0.2, 0) is 11.3 Å². The molecule has 8 nitrogen and oxygen atoms in total. The predicted molar refractivity (Wildman–Crippen MR) is 156 cm³/mol. The predicted octanol–water partition coefficient (Wildman–Crippen LogP) is 7.40. The van der Waals surface area contributed by atoms with E-state index in [1.807, 2.05) is 30.3 Å². The zero-order chi connectivity index (χ0) is 27.9. The topological polar surface area (TPSA) is 77.0 Å². The number of hydrogen-bond acceptors (Lipinski definition) is 6. The Morgan fingerprint density at radius 1 is 0.921 bits per heavy atom. The lowest BCUT2D eigenvalue weighted by Crippen LogP contribution is -2.45. The average Bonchev–Trinajstić information content (AvgIpc) is 2.88. The molecule has 0 saturated heterocycles. The van der Waals surface area contributed by atoms with Gasteiger partial charge in [-0.1, -0.05) is 84.8 Å². The van der Waals surface area contributed by atoms with Crippen LogP contribution in [0.15, 0.2) is 48.8 Å². The standard InChI is InChI=1S/C26H31Cl3N4O4Si/c1-35-19-13-20(36-2)24(29)25(23(19)28)33(17-37-11-12-38(3,4)5)26(34)32(15-18-9-7-6-8-10-18)22-14-21(27)30-16-31-22/h6-10,13-14,16H,11-12,15,17H2,1-5H3. The van der Waals surface area contributed by atoms with Crippen LogP contribution < -0.4 is 19.3 Å². The second kappa shape index (κ2) is 13.5. The highest BCUT2D eigenvalue weighted by Crippen LogP contribution is 2.46. The SMILES string of the molecule is COc1cc(OC)c(Cl)c(N(COCC[Si](C)(C)C)C(=O)N(Cc2ccccc2)c2cc(Cl)ncn2)c1Cl. The molecule has 0 spiro atoms. The molecule has 1 heterocycles. The van der Waals surface area contributed by atoms with Gasteiger partial charge >= 0.3 is 6.03 Å². The first-order valence-electron chi connectivity index (χ1n) is 11.8. The molecule has 12 heteroatoms. The van der Waals surface area contributed by atoms with Crippen LogP contribution in [0.4, 0.5) is 16.3 Å². The van der Waals surface area contributed by atoms with Gasteiger partial charge in [0.25, 0.3) is 0 Å². The third kappa shape index (κ3) is 7.74. The van der Waals surface area contributed by atoms with E-state index in [0.717, 1.165) is 11.6 Å². The number of halogens is 3. The summed E-state index contributed by atoms with van der Waals surface area (Å²) in [5.41, 5.74) is 1.07. The molecule has 2 aromatic carbocycles. The van der Waals surface area contributed by atoms with Crippen molar-refractivity contribution in [3.05, 3.63) is 69.6 Å². The number of amides is 2. The Morgan fingerprint density at radius 2 is 1.55 bits per heavy atom. The Morgan fingerprint density at radius 3 is 2.11 bits per heavy atom. The Bertz CT molecular complexity index is 1220. The number of ether oxygens (including phenoxy) is 3. The van der Waals surface area contributed by atoms with E-state index in [1.165, 1.54) is 36.4 Å². The van der Waals surface area contributed by atoms with Crippen LogP contribution in [-0.4, -0.2) is 51.6 Å². The number of anilines is 2. The van der Waals surface area contributed by atoms with Gasteiger partial charge in [0.05, 0.1) is 26.5 Å². The zero-order valence-corrected chi connectivity index (χ0v) is 25.3. The maximum Gasteiger partial charge on any atom is 0.332 e. The van der Waals surface area contributed by atoms with Crippen LogP contribution >= 0.6 is 34.8 Å². The molecule has 0 bridgehead atoms. The fourth-order valence-corrected chi connectivity index (χ4v) is 5.09. The highest BCUT2D eigenvalue weighted by Gasteiger charge is 2.31. The third-order valence-electron chi connectivity index (χ3n) is 5.58. The minimum Gasteiger partial charge on any atom is -0.495 e. The minimum atomic E-state index is -1.38. The van der Waals surface area contributed by atoms with E-state index in [-0.39, 0.29) is 34.2 Å². The summed E-state index contributed by atoms with van der Waals surface area (Å²) in [4.78, 5) is 25.4. The Kier molecular flexibility index (Phi) is 10.6. The van der Waals surface area contributed by atoms with Crippen molar-refractivity contribution >= 4 is 60.4 Å². The monoisotopic (exact) mass is 596 g/mol. The number of hydrogen-bond donors (Lipinski definition) is 0. The summed E-state index contributed by atoms with van der Waals surface area (Å²) < 4.78 is 16.9. The summed E-state index contributed by atoms with van der Waals surface area (Å²) >= 11 is 19.6. The third-order valence-corrected chi connectivity index (χ3v) is 8.22. The molecular weight excluding hydrogens is 567 g/mol. The number of methoxy groups -OCH3 is 2. The van der Waals surface area contributed by atoms with Gasteiger partial charge < -0.3 is 14.2 Å². The average molecular weight is 598 g/mol. The maximum absolute atomic E-state index is 14.3. The maximum atomic E-state index is 14.3. The number of carbonyl (C=O) groups excluding carboxylic acids is 1. The molecule has 0 saturated carbocycles. The van der Waals surface area contributed by atoms with Gasteiger partial charge in [-0.3, -0.25) is 9.80 Å². The van der Waals surface area contributed by atoms with Gasteiger partial charge in [-0.2, -0.15) is 0 Å². The molecule has 0 aliphatic carbocycles. The van der Waals surface area contributed by atoms with Crippen molar-refractivity contribution in [1.82, 2.24) is 9.97 Å². The van der Waals surface area contributed by atoms with Crippen molar-refractivity contribution in [2.75, 3.05) is 37.4 Å². The summed E-state index contributed by atoms with van der Waals surface area (Å²) in [5, 5.41) is 0.472. The number of nitrogens with zero attached hydrogens (tertiary/aromatic N) is 4. The van der Waals surface area contributed by atoms with Crippen molar-refractivity contribution < 1.29 is 19.0 Å². The largest absolute Gasteiger partial charge is 0.495 e. The van der Waals surface area contributed by atoms with Gasteiger partial charge in [0.15, 0.2) is 0 Å². The summed E-state index contributed by atoms with van der Waals surface area (Å²) in [6.07, 6.45) is 1.30. The first-order chi connectivity index (χ1) is 18.1. The number of rotatable bonds is 11. The molecule has 204 valence electrons. The Labute approximate surface area is 239 Å². The highest BCUT2D eigenvalue weighted by atomic mass is 35.5.